The van der Waals surface area contributed by atoms with Crippen molar-refractivity contribution in [3.8, 4) is 0 Å². The monoisotopic (exact) mass is 370 g/mol. The molecule has 2 aromatic carbocycles. The van der Waals surface area contributed by atoms with E-state index in [0.29, 0.717) is 0 Å². The molecular weight excluding hydrogens is 360 g/mol. The number of carbonyl (C=O) groups is 1. The molecule has 3 aromatic rings. The highest BCUT2D eigenvalue weighted by Gasteiger charge is 2.24. The Morgan fingerprint density at radius 3 is 2.22 bits per heavy atom. The third-order valence-corrected chi connectivity index (χ3v) is 3.79. The Bertz CT molecular complexity index is 1140. The van der Waals surface area contributed by atoms with E-state index in [1.807, 2.05) is 0 Å². The largest absolute Gasteiger partial charge is 0.380 e. The fourth-order valence-corrected chi connectivity index (χ4v) is 2.41. The summed E-state index contributed by atoms with van der Waals surface area (Å²) in [5.41, 5.74) is -1.74. The second kappa shape index (κ2) is 6.72. The SMILES string of the molecule is O=C(c1nc2ccc([N+](=O)[O-])cc2[nH]c1=O)[C@@H](O)c1ccc([N+](=O)[O-])cc1. The topological polar surface area (TPSA) is 169 Å². The Balaban J connectivity index is 1.98. The number of carbonyl (C=O) groups excluding carboxylic acids is 1. The van der Waals surface area contributed by atoms with Crippen LogP contribution in [0.15, 0.2) is 47.3 Å². The van der Waals surface area contributed by atoms with Gasteiger partial charge in [-0.25, -0.2) is 4.98 Å². The number of non-ortho nitro benzene ring substituents is 2. The molecule has 11 heteroatoms. The van der Waals surface area contributed by atoms with Crippen LogP contribution in [0.3, 0.4) is 0 Å². The molecule has 0 fully saturated rings. The Labute approximate surface area is 149 Å². The molecule has 11 nitrogen and oxygen atoms in total. The number of benzene rings is 2. The summed E-state index contributed by atoms with van der Waals surface area (Å²) in [5.74, 6) is -1.01. The van der Waals surface area contributed by atoms with Crippen molar-refractivity contribution in [2.75, 3.05) is 0 Å². The number of nitro groups is 2. The number of aliphatic hydroxyl groups is 1. The Morgan fingerprint density at radius 1 is 1.04 bits per heavy atom. The van der Waals surface area contributed by atoms with Gasteiger partial charge in [0.1, 0.15) is 6.10 Å². The van der Waals surface area contributed by atoms with Crippen molar-refractivity contribution in [3.05, 3.63) is 84.3 Å². The molecule has 0 saturated carbocycles. The number of rotatable bonds is 5. The normalized spacial score (nSPS) is 11.9. The van der Waals surface area contributed by atoms with Crippen molar-refractivity contribution in [2.45, 2.75) is 6.10 Å². The van der Waals surface area contributed by atoms with Crippen molar-refractivity contribution in [1.29, 1.82) is 0 Å². The van der Waals surface area contributed by atoms with E-state index in [-0.39, 0.29) is 28.0 Å². The summed E-state index contributed by atoms with van der Waals surface area (Å²) in [6.07, 6.45) is -1.75. The lowest BCUT2D eigenvalue weighted by atomic mass is 10.0. The molecule has 2 N–H and O–H groups in total. The maximum atomic E-state index is 12.4. The molecule has 0 aliphatic heterocycles. The molecule has 0 aliphatic carbocycles. The first kappa shape index (κ1) is 17.8. The van der Waals surface area contributed by atoms with E-state index >= 15 is 0 Å². The van der Waals surface area contributed by atoms with Crippen molar-refractivity contribution in [1.82, 2.24) is 9.97 Å². The maximum Gasteiger partial charge on any atom is 0.278 e. The molecule has 0 radical (unpaired) electrons. The zero-order valence-corrected chi connectivity index (χ0v) is 13.4. The van der Waals surface area contributed by atoms with Crippen LogP contribution in [0, 0.1) is 20.2 Å². The number of H-pyrrole nitrogens is 1. The summed E-state index contributed by atoms with van der Waals surface area (Å²) in [6.45, 7) is 0. The Kier molecular flexibility index (Phi) is 4.44. The van der Waals surface area contributed by atoms with Crippen molar-refractivity contribution in [3.63, 3.8) is 0 Å². The van der Waals surface area contributed by atoms with Gasteiger partial charge in [-0.15, -0.1) is 0 Å². The number of aliphatic hydroxyl groups excluding tert-OH is 1. The van der Waals surface area contributed by atoms with E-state index < -0.39 is 33.0 Å². The number of aromatic nitrogens is 2. The van der Waals surface area contributed by atoms with Gasteiger partial charge in [0.2, 0.25) is 5.78 Å². The van der Waals surface area contributed by atoms with E-state index in [2.05, 4.69) is 9.97 Å². The van der Waals surface area contributed by atoms with Gasteiger partial charge in [0.15, 0.2) is 5.69 Å². The molecule has 0 saturated heterocycles. The lowest BCUT2D eigenvalue weighted by molar-refractivity contribution is -0.385. The fourth-order valence-electron chi connectivity index (χ4n) is 2.41. The minimum Gasteiger partial charge on any atom is -0.380 e. The molecule has 0 amide bonds. The first-order chi connectivity index (χ1) is 12.8. The highest BCUT2D eigenvalue weighted by molar-refractivity contribution is 5.99. The molecule has 3 rings (SSSR count). The maximum absolute atomic E-state index is 12.4. The van der Waals surface area contributed by atoms with Crippen LogP contribution >= 0.6 is 0 Å². The molecule has 0 bridgehead atoms. The van der Waals surface area contributed by atoms with Gasteiger partial charge in [0.05, 0.1) is 20.9 Å². The molecule has 0 spiro atoms. The number of hydrogen-bond acceptors (Lipinski definition) is 8. The van der Waals surface area contributed by atoms with Crippen LogP contribution in [-0.4, -0.2) is 30.7 Å². The van der Waals surface area contributed by atoms with Crippen LogP contribution in [0.2, 0.25) is 0 Å². The molecule has 136 valence electrons. The van der Waals surface area contributed by atoms with E-state index in [1.165, 1.54) is 18.2 Å². The number of nitro benzene ring substituents is 2. The van der Waals surface area contributed by atoms with Crippen LogP contribution < -0.4 is 5.56 Å². The number of nitrogens with one attached hydrogen (secondary N) is 1. The van der Waals surface area contributed by atoms with Gasteiger partial charge in [0, 0.05) is 24.3 Å². The minimum absolute atomic E-state index is 0.0515. The fraction of sp³-hybridized carbons (Fsp3) is 0.0625. The lowest BCUT2D eigenvalue weighted by Gasteiger charge is -2.09. The van der Waals surface area contributed by atoms with Crippen LogP contribution in [0.5, 0.6) is 0 Å². The highest BCUT2D eigenvalue weighted by Crippen LogP contribution is 2.21. The Morgan fingerprint density at radius 2 is 1.63 bits per heavy atom. The molecule has 1 aromatic heterocycles. The zero-order valence-electron chi connectivity index (χ0n) is 13.4. The lowest BCUT2D eigenvalue weighted by Crippen LogP contribution is -2.24. The van der Waals surface area contributed by atoms with E-state index in [9.17, 15) is 34.9 Å². The number of aromatic amines is 1. The van der Waals surface area contributed by atoms with Crippen LogP contribution in [0.4, 0.5) is 11.4 Å². The second-order valence-corrected chi connectivity index (χ2v) is 5.49. The van der Waals surface area contributed by atoms with Gasteiger partial charge in [-0.3, -0.25) is 29.8 Å². The molecule has 1 atom stereocenters. The molecular formula is C16H10N4O7. The quantitative estimate of drug-likeness (QED) is 0.388. The second-order valence-electron chi connectivity index (χ2n) is 5.49. The standard InChI is InChI=1S/C16H10N4O7/c21-14(8-1-3-9(4-2-8)19(24)25)15(22)13-16(23)18-12-7-10(20(26)27)5-6-11(12)17-13/h1-7,14,21H,(H,18,23)/t14-/m0/s1. The van der Waals surface area contributed by atoms with Crippen molar-refractivity contribution < 1.29 is 19.7 Å². The van der Waals surface area contributed by atoms with Gasteiger partial charge < -0.3 is 10.1 Å². The molecule has 0 unspecified atom stereocenters. The van der Waals surface area contributed by atoms with Crippen LogP contribution in [0.1, 0.15) is 22.2 Å². The zero-order chi connectivity index (χ0) is 19.7. The van der Waals surface area contributed by atoms with Crippen LogP contribution in [0.25, 0.3) is 11.0 Å². The number of nitrogens with zero attached hydrogens (tertiary/aromatic N) is 3. The number of fused-ring (bicyclic) bond motifs is 1. The predicted molar refractivity (Wildman–Crippen MR) is 91.4 cm³/mol. The van der Waals surface area contributed by atoms with Crippen LogP contribution in [-0.2, 0) is 0 Å². The van der Waals surface area contributed by atoms with Gasteiger partial charge in [0.25, 0.3) is 16.9 Å². The highest BCUT2D eigenvalue weighted by atomic mass is 16.6. The first-order valence-corrected chi connectivity index (χ1v) is 7.43. The summed E-state index contributed by atoms with van der Waals surface area (Å²) in [5, 5.41) is 31.6. The Hall–Kier alpha value is -3.99. The summed E-state index contributed by atoms with van der Waals surface area (Å²) in [4.78, 5) is 50.9. The number of ketones is 1. The van der Waals surface area contributed by atoms with E-state index in [4.69, 9.17) is 0 Å². The number of Topliss-reactive ketones (excluding diaryl/α,β-unsaturated/α-hetero) is 1. The van der Waals surface area contributed by atoms with E-state index in [1.54, 1.807) is 0 Å². The summed E-state index contributed by atoms with van der Waals surface area (Å²) >= 11 is 0. The smallest absolute Gasteiger partial charge is 0.278 e. The first-order valence-electron chi connectivity index (χ1n) is 7.43. The minimum atomic E-state index is -1.75. The number of hydrogen-bond donors (Lipinski definition) is 2. The summed E-state index contributed by atoms with van der Waals surface area (Å²) in [6, 6.07) is 8.14. The predicted octanol–water partition coefficient (Wildman–Crippen LogP) is 1.66. The van der Waals surface area contributed by atoms with Crippen molar-refractivity contribution >= 4 is 28.2 Å². The van der Waals surface area contributed by atoms with Gasteiger partial charge in [-0.1, -0.05) is 0 Å². The molecule has 27 heavy (non-hydrogen) atoms. The summed E-state index contributed by atoms with van der Waals surface area (Å²) in [7, 11) is 0. The van der Waals surface area contributed by atoms with Gasteiger partial charge >= 0.3 is 0 Å². The third kappa shape index (κ3) is 3.39. The average Bonchev–Trinajstić information content (AvgIpc) is 2.65. The van der Waals surface area contributed by atoms with Gasteiger partial charge in [-0.05, 0) is 23.8 Å². The summed E-state index contributed by atoms with van der Waals surface area (Å²) < 4.78 is 0. The van der Waals surface area contributed by atoms with E-state index in [0.717, 1.165) is 24.3 Å². The van der Waals surface area contributed by atoms with Gasteiger partial charge in [-0.2, -0.15) is 0 Å². The van der Waals surface area contributed by atoms with Crippen molar-refractivity contribution in [2.24, 2.45) is 0 Å². The average molecular weight is 370 g/mol. The molecule has 1 heterocycles. The molecule has 0 aliphatic rings. The third-order valence-electron chi connectivity index (χ3n) is 3.79.